The van der Waals surface area contributed by atoms with Gasteiger partial charge < -0.3 is 15.4 Å². The molecule has 0 aliphatic carbocycles. The summed E-state index contributed by atoms with van der Waals surface area (Å²) < 4.78 is 7.51. The zero-order valence-corrected chi connectivity index (χ0v) is 16.7. The molecular formula is C17H25IN6O. The van der Waals surface area contributed by atoms with Crippen molar-refractivity contribution in [1.82, 2.24) is 25.2 Å². The summed E-state index contributed by atoms with van der Waals surface area (Å²) in [7, 11) is 0. The van der Waals surface area contributed by atoms with Crippen molar-refractivity contribution >= 4 is 29.9 Å². The van der Waals surface area contributed by atoms with Crippen molar-refractivity contribution in [2.75, 3.05) is 19.7 Å². The smallest absolute Gasteiger partial charge is 0.191 e. The third kappa shape index (κ3) is 5.96. The average Bonchev–Trinajstić information content (AvgIpc) is 3.31. The van der Waals surface area contributed by atoms with E-state index in [1.165, 1.54) is 0 Å². The topological polar surface area (TPSA) is 76.4 Å². The van der Waals surface area contributed by atoms with Gasteiger partial charge in [0.05, 0.1) is 12.6 Å². The van der Waals surface area contributed by atoms with Gasteiger partial charge in [-0.05, 0) is 31.4 Å². The maximum absolute atomic E-state index is 5.63. The first-order valence-corrected chi connectivity index (χ1v) is 8.42. The van der Waals surface area contributed by atoms with Gasteiger partial charge in [-0.2, -0.15) is 0 Å². The molecule has 8 heteroatoms. The zero-order valence-electron chi connectivity index (χ0n) is 14.4. The maximum Gasteiger partial charge on any atom is 0.191 e. The van der Waals surface area contributed by atoms with Crippen LogP contribution in [0, 0.1) is 0 Å². The van der Waals surface area contributed by atoms with E-state index < -0.39 is 0 Å². The summed E-state index contributed by atoms with van der Waals surface area (Å²) in [5.41, 5.74) is 1.06. The van der Waals surface area contributed by atoms with E-state index in [1.54, 1.807) is 12.5 Å². The first-order chi connectivity index (χ1) is 11.8. The Morgan fingerprint density at radius 3 is 2.96 bits per heavy atom. The summed E-state index contributed by atoms with van der Waals surface area (Å²) >= 11 is 0. The van der Waals surface area contributed by atoms with E-state index in [4.69, 9.17) is 4.74 Å². The lowest BCUT2D eigenvalue weighted by molar-refractivity contribution is 0.114. The molecule has 2 aromatic heterocycles. The largest absolute Gasteiger partial charge is 0.376 e. The van der Waals surface area contributed by atoms with E-state index >= 15 is 0 Å². The van der Waals surface area contributed by atoms with E-state index in [9.17, 15) is 0 Å². The zero-order chi connectivity index (χ0) is 16.6. The van der Waals surface area contributed by atoms with Crippen molar-refractivity contribution in [3.05, 3.63) is 42.6 Å². The van der Waals surface area contributed by atoms with E-state index in [0.29, 0.717) is 12.6 Å². The number of ether oxygens (including phenoxy) is 1. The lowest BCUT2D eigenvalue weighted by atomic mass is 10.2. The Balaban J connectivity index is 0.00000225. The highest BCUT2D eigenvalue weighted by atomic mass is 127. The molecule has 0 amide bonds. The molecule has 0 saturated carbocycles. The molecule has 7 nitrogen and oxygen atoms in total. The van der Waals surface area contributed by atoms with Crippen molar-refractivity contribution < 1.29 is 4.74 Å². The molecule has 2 N–H and O–H groups in total. The Morgan fingerprint density at radius 2 is 2.32 bits per heavy atom. The van der Waals surface area contributed by atoms with Crippen molar-refractivity contribution in [2.45, 2.75) is 32.4 Å². The molecule has 0 aromatic carbocycles. The SMILES string of the molecule is CCNC(=NCc1ccc(-n2ccnc2)nc1)NCC1CCCO1.I. The summed E-state index contributed by atoms with van der Waals surface area (Å²) in [5, 5.41) is 6.61. The van der Waals surface area contributed by atoms with Crippen LogP contribution < -0.4 is 10.6 Å². The van der Waals surface area contributed by atoms with Crippen molar-refractivity contribution in [3.63, 3.8) is 0 Å². The second kappa shape index (κ2) is 10.3. The van der Waals surface area contributed by atoms with Crippen LogP contribution in [0.1, 0.15) is 25.3 Å². The van der Waals surface area contributed by atoms with Crippen LogP contribution in [0.2, 0.25) is 0 Å². The highest BCUT2D eigenvalue weighted by Crippen LogP contribution is 2.10. The number of nitrogens with zero attached hydrogens (tertiary/aromatic N) is 4. The Labute approximate surface area is 165 Å². The van der Waals surface area contributed by atoms with Crippen LogP contribution in [0.15, 0.2) is 42.0 Å². The van der Waals surface area contributed by atoms with Gasteiger partial charge in [0.1, 0.15) is 12.1 Å². The summed E-state index contributed by atoms with van der Waals surface area (Å²) in [6.45, 7) is 5.14. The van der Waals surface area contributed by atoms with Gasteiger partial charge in [-0.1, -0.05) is 6.07 Å². The fourth-order valence-corrected chi connectivity index (χ4v) is 2.59. The molecule has 0 spiro atoms. The van der Waals surface area contributed by atoms with Gasteiger partial charge in [0.15, 0.2) is 5.96 Å². The first kappa shape index (κ1) is 19.6. The summed E-state index contributed by atoms with van der Waals surface area (Å²) in [6.07, 6.45) is 9.76. The van der Waals surface area contributed by atoms with Crippen LogP contribution in [0.4, 0.5) is 0 Å². The normalized spacial score (nSPS) is 17.2. The Morgan fingerprint density at radius 1 is 1.40 bits per heavy atom. The van der Waals surface area contributed by atoms with Gasteiger partial charge in [-0.25, -0.2) is 15.0 Å². The second-order valence-corrected chi connectivity index (χ2v) is 5.71. The molecule has 1 atom stereocenters. The number of aromatic nitrogens is 3. The molecule has 1 unspecified atom stereocenters. The predicted molar refractivity (Wildman–Crippen MR) is 109 cm³/mol. The van der Waals surface area contributed by atoms with Crippen LogP contribution in [0.25, 0.3) is 5.82 Å². The molecule has 2 aromatic rings. The number of halogens is 1. The van der Waals surface area contributed by atoms with Gasteiger partial charge >= 0.3 is 0 Å². The molecule has 0 radical (unpaired) electrons. The molecule has 0 bridgehead atoms. The number of hydrogen-bond donors (Lipinski definition) is 2. The molecule has 25 heavy (non-hydrogen) atoms. The highest BCUT2D eigenvalue weighted by Gasteiger charge is 2.15. The van der Waals surface area contributed by atoms with Crippen LogP contribution >= 0.6 is 24.0 Å². The molecule has 3 rings (SSSR count). The van der Waals surface area contributed by atoms with Crippen molar-refractivity contribution in [2.24, 2.45) is 4.99 Å². The minimum atomic E-state index is 0. The van der Waals surface area contributed by atoms with Crippen molar-refractivity contribution in [1.29, 1.82) is 0 Å². The fraction of sp³-hybridized carbons (Fsp3) is 0.471. The number of rotatable bonds is 6. The van der Waals surface area contributed by atoms with Crippen LogP contribution in [0.5, 0.6) is 0 Å². The van der Waals surface area contributed by atoms with Crippen LogP contribution in [-0.2, 0) is 11.3 Å². The number of imidazole rings is 1. The van der Waals surface area contributed by atoms with Gasteiger partial charge in [0.25, 0.3) is 0 Å². The molecule has 1 saturated heterocycles. The third-order valence-electron chi connectivity index (χ3n) is 3.86. The lowest BCUT2D eigenvalue weighted by Gasteiger charge is -2.14. The quantitative estimate of drug-likeness (QED) is 0.396. The Bertz CT molecular complexity index is 638. The molecule has 1 aliphatic rings. The number of hydrogen-bond acceptors (Lipinski definition) is 4. The molecule has 3 heterocycles. The molecule has 1 aliphatic heterocycles. The average molecular weight is 456 g/mol. The maximum atomic E-state index is 5.63. The van der Waals surface area contributed by atoms with Gasteiger partial charge in [0.2, 0.25) is 0 Å². The standard InChI is InChI=1S/C17H24N6O.HI/c1-2-19-17(22-12-15-4-3-9-24-15)21-11-14-5-6-16(20-10-14)23-8-7-18-13-23;/h5-8,10,13,15H,2-4,9,11-12H2,1H3,(H2,19,21,22);1H. The lowest BCUT2D eigenvalue weighted by Crippen LogP contribution is -2.41. The second-order valence-electron chi connectivity index (χ2n) is 5.71. The molecule has 136 valence electrons. The van der Waals surface area contributed by atoms with Gasteiger partial charge in [-0.15, -0.1) is 24.0 Å². The Hall–Kier alpha value is -1.68. The summed E-state index contributed by atoms with van der Waals surface area (Å²) in [5.74, 6) is 1.66. The molecular weight excluding hydrogens is 431 g/mol. The fourth-order valence-electron chi connectivity index (χ4n) is 2.59. The van der Waals surface area contributed by atoms with Gasteiger partial charge in [0, 0.05) is 38.3 Å². The van der Waals surface area contributed by atoms with Crippen LogP contribution in [-0.4, -0.2) is 46.3 Å². The minimum absolute atomic E-state index is 0. The van der Waals surface area contributed by atoms with E-state index in [-0.39, 0.29) is 24.0 Å². The van der Waals surface area contributed by atoms with E-state index in [0.717, 1.165) is 49.9 Å². The van der Waals surface area contributed by atoms with Gasteiger partial charge in [-0.3, -0.25) is 4.57 Å². The van der Waals surface area contributed by atoms with E-state index in [2.05, 4.69) is 32.5 Å². The minimum Gasteiger partial charge on any atom is -0.376 e. The number of aliphatic imine (C=N–C) groups is 1. The number of nitrogens with one attached hydrogen (secondary N) is 2. The number of guanidine groups is 1. The Kier molecular flexibility index (Phi) is 8.13. The monoisotopic (exact) mass is 456 g/mol. The van der Waals surface area contributed by atoms with Crippen LogP contribution in [0.3, 0.4) is 0 Å². The first-order valence-electron chi connectivity index (χ1n) is 8.42. The van der Waals surface area contributed by atoms with Crippen molar-refractivity contribution in [3.8, 4) is 5.82 Å². The highest BCUT2D eigenvalue weighted by molar-refractivity contribution is 14.0. The summed E-state index contributed by atoms with van der Waals surface area (Å²) in [4.78, 5) is 13.1. The van der Waals surface area contributed by atoms with E-state index in [1.807, 2.05) is 29.1 Å². The summed E-state index contributed by atoms with van der Waals surface area (Å²) in [6, 6.07) is 4.01. The molecule has 1 fully saturated rings. The third-order valence-corrected chi connectivity index (χ3v) is 3.86. The number of pyridine rings is 1. The predicted octanol–water partition coefficient (Wildman–Crippen LogP) is 2.12.